The van der Waals surface area contributed by atoms with E-state index in [9.17, 15) is 8.42 Å². The molecule has 11 heavy (non-hydrogen) atoms. The number of primary sulfonamides is 1. The maximum Gasteiger partial charge on any atom is 0.223 e. The Bertz CT molecular complexity index is 341. The molecule has 0 radical (unpaired) electrons. The van der Waals surface area contributed by atoms with Crippen LogP contribution in [0.15, 0.2) is 4.52 Å². The van der Waals surface area contributed by atoms with Crippen molar-refractivity contribution in [3.8, 4) is 0 Å². The summed E-state index contributed by atoms with van der Waals surface area (Å²) < 4.78 is 25.5. The van der Waals surface area contributed by atoms with Gasteiger partial charge in [0.05, 0.1) is 0 Å². The number of hydrogen-bond donors (Lipinski definition) is 1. The molecule has 1 heterocycles. The van der Waals surface area contributed by atoms with E-state index >= 15 is 0 Å². The smallest absolute Gasteiger partial charge is 0.223 e. The molecule has 0 saturated carbocycles. The normalized spacial score (nSPS) is 11.8. The number of nitrogens with two attached hydrogens (primary N) is 1. The van der Waals surface area contributed by atoms with Gasteiger partial charge in [-0.25, -0.2) is 13.6 Å². The molecule has 2 N–H and O–H groups in total. The van der Waals surface area contributed by atoms with Crippen LogP contribution in [0.5, 0.6) is 0 Å². The lowest BCUT2D eigenvalue weighted by Crippen LogP contribution is -2.15. The van der Waals surface area contributed by atoms with E-state index in [0.29, 0.717) is 5.89 Å². The van der Waals surface area contributed by atoms with Gasteiger partial charge in [0.1, 0.15) is 5.75 Å². The molecule has 0 aliphatic carbocycles. The van der Waals surface area contributed by atoms with Gasteiger partial charge < -0.3 is 4.52 Å². The Kier molecular flexibility index (Phi) is 1.92. The molecule has 0 atom stereocenters. The summed E-state index contributed by atoms with van der Waals surface area (Å²) in [5.41, 5.74) is 0. The summed E-state index contributed by atoms with van der Waals surface area (Å²) >= 11 is 0. The molecule has 1 aromatic rings. The van der Waals surface area contributed by atoms with Gasteiger partial charge in [-0.05, 0) is 0 Å². The maximum absolute atomic E-state index is 10.5. The van der Waals surface area contributed by atoms with E-state index in [-0.39, 0.29) is 11.6 Å². The van der Waals surface area contributed by atoms with Gasteiger partial charge in [-0.2, -0.15) is 4.98 Å². The molecule has 0 aliphatic heterocycles. The molecule has 1 aromatic heterocycles. The van der Waals surface area contributed by atoms with Crippen molar-refractivity contribution in [2.45, 2.75) is 12.7 Å². The highest BCUT2D eigenvalue weighted by Crippen LogP contribution is 1.97. The standard InChI is InChI=1S/C4H7N3O3S/c1-3-6-4(7-10-3)2-11(5,8)9/h2H2,1H3,(H2,5,8,9). The van der Waals surface area contributed by atoms with Crippen molar-refractivity contribution < 1.29 is 12.9 Å². The Morgan fingerprint density at radius 3 is 2.64 bits per heavy atom. The summed E-state index contributed by atoms with van der Waals surface area (Å²) in [7, 11) is -3.55. The van der Waals surface area contributed by atoms with Crippen LogP contribution < -0.4 is 5.14 Å². The molecule has 7 heteroatoms. The second-order valence-corrected chi connectivity index (χ2v) is 3.65. The summed E-state index contributed by atoms with van der Waals surface area (Å²) in [6.45, 7) is 1.57. The van der Waals surface area contributed by atoms with Crippen LogP contribution in [0.4, 0.5) is 0 Å². The number of rotatable bonds is 2. The van der Waals surface area contributed by atoms with E-state index in [2.05, 4.69) is 14.7 Å². The van der Waals surface area contributed by atoms with E-state index in [1.807, 2.05) is 0 Å². The van der Waals surface area contributed by atoms with E-state index in [1.54, 1.807) is 6.92 Å². The zero-order valence-corrected chi connectivity index (χ0v) is 6.63. The zero-order valence-electron chi connectivity index (χ0n) is 5.81. The van der Waals surface area contributed by atoms with Crippen LogP contribution in [-0.2, 0) is 15.8 Å². The number of nitrogens with zero attached hydrogens (tertiary/aromatic N) is 2. The minimum Gasteiger partial charge on any atom is -0.340 e. The number of sulfonamides is 1. The van der Waals surface area contributed by atoms with Gasteiger partial charge in [-0.3, -0.25) is 0 Å². The lowest BCUT2D eigenvalue weighted by molar-refractivity contribution is 0.388. The first-order valence-electron chi connectivity index (χ1n) is 2.77. The van der Waals surface area contributed by atoms with E-state index in [0.717, 1.165) is 0 Å². The summed E-state index contributed by atoms with van der Waals surface area (Å²) in [6, 6.07) is 0. The predicted octanol–water partition coefficient (Wildman–Crippen LogP) is -0.833. The van der Waals surface area contributed by atoms with Crippen LogP contribution in [0.2, 0.25) is 0 Å². The summed E-state index contributed by atoms with van der Waals surface area (Å²) in [4.78, 5) is 3.66. The predicted molar refractivity (Wildman–Crippen MR) is 35.8 cm³/mol. The fourth-order valence-corrected chi connectivity index (χ4v) is 1.06. The molecule has 0 spiro atoms. The quantitative estimate of drug-likeness (QED) is 0.635. The molecule has 0 aromatic carbocycles. The second-order valence-electron chi connectivity index (χ2n) is 2.04. The largest absolute Gasteiger partial charge is 0.340 e. The third-order valence-corrected chi connectivity index (χ3v) is 1.56. The molecule has 0 fully saturated rings. The molecule has 1 rings (SSSR count). The first kappa shape index (κ1) is 8.15. The van der Waals surface area contributed by atoms with Crippen LogP contribution in [0.25, 0.3) is 0 Å². The summed E-state index contributed by atoms with van der Waals surface area (Å²) in [5.74, 6) is 0.0262. The number of hydrogen-bond acceptors (Lipinski definition) is 5. The lowest BCUT2D eigenvalue weighted by atomic mass is 10.7. The Balaban J connectivity index is 2.81. The van der Waals surface area contributed by atoms with Crippen molar-refractivity contribution in [3.63, 3.8) is 0 Å². The summed E-state index contributed by atoms with van der Waals surface area (Å²) in [5, 5.41) is 8.08. The average molecular weight is 177 g/mol. The molecule has 6 nitrogen and oxygen atoms in total. The third-order valence-electron chi connectivity index (χ3n) is 0.900. The SMILES string of the molecule is Cc1nc(CS(N)(=O)=O)no1. The van der Waals surface area contributed by atoms with Crippen LogP contribution in [-0.4, -0.2) is 18.6 Å². The maximum atomic E-state index is 10.5. The molecule has 0 bridgehead atoms. The highest BCUT2D eigenvalue weighted by atomic mass is 32.2. The van der Waals surface area contributed by atoms with Crippen molar-refractivity contribution in [1.29, 1.82) is 0 Å². The molecular weight excluding hydrogens is 170 g/mol. The number of aryl methyl sites for hydroxylation is 1. The minimum atomic E-state index is -3.55. The van der Waals surface area contributed by atoms with Gasteiger partial charge in [0.2, 0.25) is 15.9 Å². The minimum absolute atomic E-state index is 0.0880. The van der Waals surface area contributed by atoms with Gasteiger partial charge in [0.15, 0.2) is 5.82 Å². The van der Waals surface area contributed by atoms with E-state index in [4.69, 9.17) is 5.14 Å². The van der Waals surface area contributed by atoms with Gasteiger partial charge in [0, 0.05) is 6.92 Å². The van der Waals surface area contributed by atoms with E-state index < -0.39 is 10.0 Å². The zero-order chi connectivity index (χ0) is 8.48. The molecule has 0 saturated heterocycles. The second kappa shape index (κ2) is 2.59. The fraction of sp³-hybridized carbons (Fsp3) is 0.500. The summed E-state index contributed by atoms with van der Waals surface area (Å²) in [6.07, 6.45) is 0. The van der Waals surface area contributed by atoms with Crippen molar-refractivity contribution in [2.75, 3.05) is 0 Å². The molecular formula is C4H7N3O3S. The van der Waals surface area contributed by atoms with Crippen LogP contribution >= 0.6 is 0 Å². The van der Waals surface area contributed by atoms with Crippen LogP contribution in [0.1, 0.15) is 11.7 Å². The van der Waals surface area contributed by atoms with Gasteiger partial charge in [-0.1, -0.05) is 5.16 Å². The van der Waals surface area contributed by atoms with Crippen LogP contribution in [0, 0.1) is 6.92 Å². The highest BCUT2D eigenvalue weighted by molar-refractivity contribution is 7.88. The van der Waals surface area contributed by atoms with Gasteiger partial charge in [-0.15, -0.1) is 0 Å². The number of aromatic nitrogens is 2. The molecule has 62 valence electrons. The Hall–Kier alpha value is -0.950. The first-order valence-corrected chi connectivity index (χ1v) is 4.48. The average Bonchev–Trinajstić information content (AvgIpc) is 2.10. The highest BCUT2D eigenvalue weighted by Gasteiger charge is 2.09. The third kappa shape index (κ3) is 2.64. The van der Waals surface area contributed by atoms with Crippen molar-refractivity contribution >= 4 is 10.0 Å². The van der Waals surface area contributed by atoms with Gasteiger partial charge >= 0.3 is 0 Å². The monoisotopic (exact) mass is 177 g/mol. The first-order chi connectivity index (χ1) is 4.97. The van der Waals surface area contributed by atoms with Crippen molar-refractivity contribution in [2.24, 2.45) is 5.14 Å². The molecule has 0 amide bonds. The molecule has 0 aliphatic rings. The lowest BCUT2D eigenvalue weighted by Gasteiger charge is -1.87. The van der Waals surface area contributed by atoms with Crippen molar-refractivity contribution in [1.82, 2.24) is 10.1 Å². The topological polar surface area (TPSA) is 99.1 Å². The molecule has 0 unspecified atom stereocenters. The Labute approximate surface area is 63.4 Å². The fourth-order valence-electron chi connectivity index (χ4n) is 0.580. The Morgan fingerprint density at radius 1 is 1.64 bits per heavy atom. The van der Waals surface area contributed by atoms with Gasteiger partial charge in [0.25, 0.3) is 0 Å². The van der Waals surface area contributed by atoms with Crippen LogP contribution in [0.3, 0.4) is 0 Å². The Morgan fingerprint density at radius 2 is 2.27 bits per heavy atom. The van der Waals surface area contributed by atoms with E-state index in [1.165, 1.54) is 0 Å². The van der Waals surface area contributed by atoms with Crippen molar-refractivity contribution in [3.05, 3.63) is 11.7 Å².